The summed E-state index contributed by atoms with van der Waals surface area (Å²) in [6.07, 6.45) is 0.919. The van der Waals surface area contributed by atoms with Crippen molar-refractivity contribution >= 4 is 12.2 Å². The first kappa shape index (κ1) is 6.07. The molecule has 0 saturated carbocycles. The van der Waals surface area contributed by atoms with Crippen LogP contribution in [0.5, 0.6) is 0 Å². The van der Waals surface area contributed by atoms with Gasteiger partial charge in [0.2, 0.25) is 6.10 Å². The molecule has 0 radical (unpaired) electrons. The van der Waals surface area contributed by atoms with Gasteiger partial charge in [0.1, 0.15) is 6.34 Å². The van der Waals surface area contributed by atoms with E-state index in [4.69, 9.17) is 0 Å². The summed E-state index contributed by atoms with van der Waals surface area (Å²) in [6, 6.07) is 0. The van der Waals surface area contributed by atoms with Gasteiger partial charge in [-0.2, -0.15) is 0 Å². The number of carbonyl (C=O) groups excluding carboxylic acids is 1. The molecule has 0 spiro atoms. The Kier molecular flexibility index (Phi) is 1.38. The number of rotatable bonds is 0. The highest BCUT2D eigenvalue weighted by molar-refractivity contribution is 5.91. The van der Waals surface area contributed by atoms with E-state index in [1.807, 2.05) is 0 Å². The maximum atomic E-state index is 10.8. The summed E-state index contributed by atoms with van der Waals surface area (Å²) in [7, 11) is 1.64. The fraction of sp³-hybridized carbons (Fsp3) is 0.600. The van der Waals surface area contributed by atoms with Gasteiger partial charge in [-0.25, -0.2) is 0 Å². The molecule has 0 saturated heterocycles. The summed E-state index contributed by atoms with van der Waals surface area (Å²) in [5, 5.41) is 3.47. The minimum Gasteiger partial charge on any atom is -0.381 e. The van der Waals surface area contributed by atoms with Crippen molar-refractivity contribution in [2.24, 2.45) is 5.16 Å². The monoisotopic (exact) mass is 128 g/mol. The third-order valence-corrected chi connectivity index (χ3v) is 1.13. The highest BCUT2D eigenvalue weighted by atomic mass is 16.6. The molecule has 1 aliphatic heterocycles. The highest BCUT2D eigenvalue weighted by Gasteiger charge is 2.20. The molecule has 0 aromatic carbocycles. The van der Waals surface area contributed by atoms with E-state index in [1.165, 1.54) is 11.2 Å². The van der Waals surface area contributed by atoms with Crippen LogP contribution >= 0.6 is 0 Å². The normalized spacial score (nSPS) is 26.2. The molecule has 0 fully saturated rings. The van der Waals surface area contributed by atoms with E-state index in [1.54, 1.807) is 14.0 Å². The van der Waals surface area contributed by atoms with Gasteiger partial charge in [0, 0.05) is 7.05 Å². The summed E-state index contributed by atoms with van der Waals surface area (Å²) in [6.45, 7) is 1.66. The first-order valence-electron chi connectivity index (χ1n) is 2.68. The first-order valence-corrected chi connectivity index (χ1v) is 2.68. The SMILES string of the molecule is CC1ON=CN(C)C1=O. The van der Waals surface area contributed by atoms with E-state index in [-0.39, 0.29) is 5.91 Å². The zero-order valence-electron chi connectivity index (χ0n) is 5.37. The number of carbonyl (C=O) groups is 1. The Morgan fingerprint density at radius 1 is 1.89 bits per heavy atom. The number of oxime groups is 1. The minimum atomic E-state index is -0.431. The second-order valence-corrected chi connectivity index (χ2v) is 1.92. The van der Waals surface area contributed by atoms with Crippen molar-refractivity contribution in [3.05, 3.63) is 0 Å². The lowest BCUT2D eigenvalue weighted by Gasteiger charge is -2.19. The van der Waals surface area contributed by atoms with Gasteiger partial charge in [0.15, 0.2) is 0 Å². The molecule has 0 aliphatic carbocycles. The van der Waals surface area contributed by atoms with Crippen LogP contribution < -0.4 is 0 Å². The zero-order valence-corrected chi connectivity index (χ0v) is 5.37. The zero-order chi connectivity index (χ0) is 6.85. The summed E-state index contributed by atoms with van der Waals surface area (Å²) in [4.78, 5) is 16.9. The van der Waals surface area contributed by atoms with Gasteiger partial charge in [0.25, 0.3) is 5.91 Å². The van der Waals surface area contributed by atoms with Crippen LogP contribution in [-0.2, 0) is 9.63 Å². The molecular weight excluding hydrogens is 120 g/mol. The number of likely N-dealkylation sites (N-methyl/N-ethyl adjacent to an activating group) is 1. The van der Waals surface area contributed by atoms with Gasteiger partial charge >= 0.3 is 0 Å². The maximum absolute atomic E-state index is 10.8. The Morgan fingerprint density at radius 2 is 2.56 bits per heavy atom. The molecule has 0 aromatic heterocycles. The summed E-state index contributed by atoms with van der Waals surface area (Å²) in [5.74, 6) is -0.0648. The van der Waals surface area contributed by atoms with Gasteiger partial charge in [-0.3, -0.25) is 4.79 Å². The molecule has 1 aliphatic rings. The van der Waals surface area contributed by atoms with Crippen molar-refractivity contribution < 1.29 is 9.63 Å². The number of hydrogen-bond acceptors (Lipinski definition) is 3. The number of hydrogen-bond donors (Lipinski definition) is 0. The van der Waals surface area contributed by atoms with E-state index in [9.17, 15) is 4.79 Å². The predicted molar refractivity (Wildman–Crippen MR) is 31.8 cm³/mol. The summed E-state index contributed by atoms with van der Waals surface area (Å²) < 4.78 is 0. The average molecular weight is 128 g/mol. The minimum absolute atomic E-state index is 0.0648. The molecule has 50 valence electrons. The van der Waals surface area contributed by atoms with Crippen molar-refractivity contribution in [2.75, 3.05) is 7.05 Å². The molecular formula is C5H8N2O2. The Bertz CT molecular complexity index is 155. The molecule has 9 heavy (non-hydrogen) atoms. The van der Waals surface area contributed by atoms with Crippen molar-refractivity contribution in [3.63, 3.8) is 0 Å². The smallest absolute Gasteiger partial charge is 0.271 e. The molecule has 0 aromatic rings. The van der Waals surface area contributed by atoms with Gasteiger partial charge in [-0.15, -0.1) is 0 Å². The Labute approximate surface area is 53.1 Å². The fourth-order valence-corrected chi connectivity index (χ4v) is 0.578. The predicted octanol–water partition coefficient (Wildman–Crippen LogP) is -0.193. The lowest BCUT2D eigenvalue weighted by molar-refractivity contribution is -0.139. The van der Waals surface area contributed by atoms with Crippen LogP contribution in [0.3, 0.4) is 0 Å². The molecule has 1 atom stereocenters. The molecule has 1 rings (SSSR count). The van der Waals surface area contributed by atoms with Crippen LogP contribution in [0.2, 0.25) is 0 Å². The fourth-order valence-electron chi connectivity index (χ4n) is 0.578. The van der Waals surface area contributed by atoms with E-state index in [0.717, 1.165) is 0 Å². The molecule has 1 unspecified atom stereocenters. The highest BCUT2D eigenvalue weighted by Crippen LogP contribution is 2.00. The van der Waals surface area contributed by atoms with E-state index in [0.29, 0.717) is 0 Å². The standard InChI is InChI=1S/C5H8N2O2/c1-4-5(8)7(2)3-6-9-4/h3-4H,1-2H3. The Hall–Kier alpha value is -1.06. The summed E-state index contributed by atoms with van der Waals surface area (Å²) >= 11 is 0. The molecule has 4 heteroatoms. The van der Waals surface area contributed by atoms with Crippen LogP contribution in [0.25, 0.3) is 0 Å². The third-order valence-electron chi connectivity index (χ3n) is 1.13. The molecule has 0 bridgehead atoms. The van der Waals surface area contributed by atoms with E-state index < -0.39 is 6.10 Å². The van der Waals surface area contributed by atoms with Crippen LogP contribution in [0.15, 0.2) is 5.16 Å². The molecule has 1 amide bonds. The lowest BCUT2D eigenvalue weighted by Crippen LogP contribution is -2.38. The molecule has 0 N–H and O–H groups in total. The first-order chi connectivity index (χ1) is 4.22. The second-order valence-electron chi connectivity index (χ2n) is 1.92. The van der Waals surface area contributed by atoms with Gasteiger partial charge < -0.3 is 9.74 Å². The van der Waals surface area contributed by atoms with Crippen molar-refractivity contribution in [3.8, 4) is 0 Å². The second kappa shape index (κ2) is 2.05. The number of amides is 1. The van der Waals surface area contributed by atoms with E-state index >= 15 is 0 Å². The van der Waals surface area contributed by atoms with Crippen LogP contribution in [0, 0.1) is 0 Å². The Morgan fingerprint density at radius 3 is 3.00 bits per heavy atom. The van der Waals surface area contributed by atoms with Gasteiger partial charge in [-0.05, 0) is 6.92 Å². The largest absolute Gasteiger partial charge is 0.381 e. The van der Waals surface area contributed by atoms with Gasteiger partial charge in [0.05, 0.1) is 0 Å². The third kappa shape index (κ3) is 1.01. The quantitative estimate of drug-likeness (QED) is 0.453. The maximum Gasteiger partial charge on any atom is 0.271 e. The van der Waals surface area contributed by atoms with Crippen LogP contribution in [0.1, 0.15) is 6.92 Å². The van der Waals surface area contributed by atoms with Crippen molar-refractivity contribution in [2.45, 2.75) is 13.0 Å². The molecule has 4 nitrogen and oxygen atoms in total. The Balaban J connectivity index is 2.69. The van der Waals surface area contributed by atoms with Gasteiger partial charge in [-0.1, -0.05) is 5.16 Å². The van der Waals surface area contributed by atoms with Crippen molar-refractivity contribution in [1.29, 1.82) is 0 Å². The van der Waals surface area contributed by atoms with Crippen LogP contribution in [0.4, 0.5) is 0 Å². The average Bonchev–Trinajstić information content (AvgIpc) is 1.83. The molecule has 1 heterocycles. The lowest BCUT2D eigenvalue weighted by atomic mass is 10.3. The van der Waals surface area contributed by atoms with Crippen LogP contribution in [-0.4, -0.2) is 30.3 Å². The van der Waals surface area contributed by atoms with Crippen molar-refractivity contribution in [1.82, 2.24) is 4.90 Å². The number of nitrogens with zero attached hydrogens (tertiary/aromatic N) is 2. The summed E-state index contributed by atoms with van der Waals surface area (Å²) in [5.41, 5.74) is 0. The topological polar surface area (TPSA) is 41.9 Å². The van der Waals surface area contributed by atoms with E-state index in [2.05, 4.69) is 9.99 Å².